The van der Waals surface area contributed by atoms with Crippen LogP contribution in [-0.2, 0) is 13.7 Å². The Morgan fingerprint density at radius 2 is 2.29 bits per heavy atom. The third-order valence-corrected chi connectivity index (χ3v) is 2.69. The van der Waals surface area contributed by atoms with Crippen molar-refractivity contribution in [3.8, 4) is 5.75 Å². The summed E-state index contributed by atoms with van der Waals surface area (Å²) in [6.45, 7) is 2.47. The molecule has 0 radical (unpaired) electrons. The van der Waals surface area contributed by atoms with Crippen molar-refractivity contribution >= 4 is 0 Å². The van der Waals surface area contributed by atoms with Crippen LogP contribution in [0.4, 0.5) is 0 Å². The Balaban J connectivity index is 2.04. The fraction of sp³-hybridized carbons (Fsp3) is 0.308. The van der Waals surface area contributed by atoms with Crippen LogP contribution in [0.2, 0.25) is 0 Å². The predicted octanol–water partition coefficient (Wildman–Crippen LogP) is 2.02. The summed E-state index contributed by atoms with van der Waals surface area (Å²) in [6.07, 6.45) is 3.56. The van der Waals surface area contributed by atoms with Crippen molar-refractivity contribution in [1.82, 2.24) is 9.55 Å². The number of rotatable bonds is 4. The van der Waals surface area contributed by atoms with Gasteiger partial charge in [0.05, 0.1) is 18.2 Å². The van der Waals surface area contributed by atoms with E-state index >= 15 is 0 Å². The number of nitrogens with zero attached hydrogens (tertiary/aromatic N) is 2. The lowest BCUT2D eigenvalue weighted by atomic mass is 10.1. The summed E-state index contributed by atoms with van der Waals surface area (Å²) in [4.78, 5) is 4.04. The van der Waals surface area contributed by atoms with Gasteiger partial charge in [-0.3, -0.25) is 0 Å². The van der Waals surface area contributed by atoms with Gasteiger partial charge >= 0.3 is 0 Å². The first-order valence-electron chi connectivity index (χ1n) is 5.60. The van der Waals surface area contributed by atoms with Crippen LogP contribution in [0.15, 0.2) is 36.8 Å². The highest BCUT2D eigenvalue weighted by Gasteiger charge is 2.03. The average Bonchev–Trinajstić information content (AvgIpc) is 2.72. The minimum atomic E-state index is 0.0234. The van der Waals surface area contributed by atoms with Gasteiger partial charge in [0, 0.05) is 13.1 Å². The highest BCUT2D eigenvalue weighted by atomic mass is 16.5. The molecule has 0 saturated carbocycles. The topological polar surface area (TPSA) is 53.1 Å². The molecule has 4 heteroatoms. The van der Waals surface area contributed by atoms with Gasteiger partial charge < -0.3 is 15.0 Å². The molecule has 1 aromatic heterocycles. The minimum Gasteiger partial charge on any atom is -0.487 e. The van der Waals surface area contributed by atoms with Gasteiger partial charge in [-0.2, -0.15) is 0 Å². The summed E-state index contributed by atoms with van der Waals surface area (Å²) in [5.41, 5.74) is 7.94. The van der Waals surface area contributed by atoms with E-state index in [1.165, 1.54) is 0 Å². The van der Waals surface area contributed by atoms with E-state index in [2.05, 4.69) is 4.98 Å². The van der Waals surface area contributed by atoms with E-state index in [0.717, 1.165) is 17.0 Å². The molecular weight excluding hydrogens is 214 g/mol. The second-order valence-electron chi connectivity index (χ2n) is 4.15. The van der Waals surface area contributed by atoms with Crippen LogP contribution in [0, 0.1) is 0 Å². The van der Waals surface area contributed by atoms with Crippen LogP contribution >= 0.6 is 0 Å². The molecule has 0 bridgehead atoms. The highest BCUT2D eigenvalue weighted by molar-refractivity contribution is 5.30. The smallest absolute Gasteiger partial charge is 0.130 e. The van der Waals surface area contributed by atoms with Gasteiger partial charge in [0.15, 0.2) is 0 Å². The van der Waals surface area contributed by atoms with Crippen LogP contribution in [-0.4, -0.2) is 9.55 Å². The Labute approximate surface area is 101 Å². The zero-order valence-electron chi connectivity index (χ0n) is 10.1. The maximum atomic E-state index is 5.83. The van der Waals surface area contributed by atoms with Gasteiger partial charge in [0.2, 0.25) is 0 Å². The number of nitrogens with two attached hydrogens (primary N) is 1. The number of benzene rings is 1. The van der Waals surface area contributed by atoms with Gasteiger partial charge in [0.25, 0.3) is 0 Å². The lowest BCUT2D eigenvalue weighted by Gasteiger charge is -2.10. The second kappa shape index (κ2) is 5.01. The van der Waals surface area contributed by atoms with Crippen molar-refractivity contribution in [2.24, 2.45) is 12.8 Å². The predicted molar refractivity (Wildman–Crippen MR) is 66.6 cm³/mol. The van der Waals surface area contributed by atoms with Gasteiger partial charge in [-0.05, 0) is 24.6 Å². The lowest BCUT2D eigenvalue weighted by Crippen LogP contribution is -2.05. The van der Waals surface area contributed by atoms with Crippen LogP contribution in [0.25, 0.3) is 0 Å². The molecule has 0 aliphatic rings. The second-order valence-corrected chi connectivity index (χ2v) is 4.15. The van der Waals surface area contributed by atoms with Crippen LogP contribution in [0.3, 0.4) is 0 Å². The van der Waals surface area contributed by atoms with E-state index in [4.69, 9.17) is 10.5 Å². The summed E-state index contributed by atoms with van der Waals surface area (Å²) in [5, 5.41) is 0. The van der Waals surface area contributed by atoms with Crippen LogP contribution < -0.4 is 10.5 Å². The van der Waals surface area contributed by atoms with E-state index < -0.39 is 0 Å². The molecular formula is C13H17N3O. The Morgan fingerprint density at radius 3 is 2.94 bits per heavy atom. The van der Waals surface area contributed by atoms with Crippen molar-refractivity contribution in [2.45, 2.75) is 19.6 Å². The Hall–Kier alpha value is -1.81. The van der Waals surface area contributed by atoms with Gasteiger partial charge in [0.1, 0.15) is 12.4 Å². The van der Waals surface area contributed by atoms with E-state index in [-0.39, 0.29) is 6.04 Å². The molecule has 0 saturated heterocycles. The zero-order chi connectivity index (χ0) is 12.3. The minimum absolute atomic E-state index is 0.0234. The number of hydrogen-bond acceptors (Lipinski definition) is 3. The summed E-state index contributed by atoms with van der Waals surface area (Å²) < 4.78 is 7.65. The van der Waals surface area contributed by atoms with E-state index in [0.29, 0.717) is 6.61 Å². The van der Waals surface area contributed by atoms with Crippen molar-refractivity contribution in [3.63, 3.8) is 0 Å². The molecule has 0 aliphatic heterocycles. The molecule has 2 aromatic rings. The third-order valence-electron chi connectivity index (χ3n) is 2.69. The maximum absolute atomic E-state index is 5.83. The molecule has 2 N–H and O–H groups in total. The number of aromatic nitrogens is 2. The van der Waals surface area contributed by atoms with E-state index in [1.54, 1.807) is 12.5 Å². The molecule has 17 heavy (non-hydrogen) atoms. The fourth-order valence-electron chi connectivity index (χ4n) is 1.57. The first kappa shape index (κ1) is 11.7. The Kier molecular flexibility index (Phi) is 3.44. The van der Waals surface area contributed by atoms with Crippen molar-refractivity contribution in [3.05, 3.63) is 48.0 Å². The Bertz CT molecular complexity index is 491. The number of hydrogen-bond donors (Lipinski definition) is 1. The maximum Gasteiger partial charge on any atom is 0.130 e. The largest absolute Gasteiger partial charge is 0.487 e. The monoisotopic (exact) mass is 231 g/mol. The molecule has 1 aromatic carbocycles. The molecule has 0 spiro atoms. The average molecular weight is 231 g/mol. The first-order chi connectivity index (χ1) is 8.16. The van der Waals surface area contributed by atoms with Crippen LogP contribution in [0.5, 0.6) is 5.75 Å². The van der Waals surface area contributed by atoms with Crippen molar-refractivity contribution in [2.75, 3.05) is 0 Å². The number of imidazole rings is 1. The van der Waals surface area contributed by atoms with Gasteiger partial charge in [-0.1, -0.05) is 12.1 Å². The molecule has 0 unspecified atom stereocenters. The molecule has 1 atom stereocenters. The summed E-state index contributed by atoms with van der Waals surface area (Å²) in [6, 6.07) is 7.89. The number of aryl methyl sites for hydroxylation is 1. The molecule has 1 heterocycles. The van der Waals surface area contributed by atoms with Crippen molar-refractivity contribution < 1.29 is 4.74 Å². The van der Waals surface area contributed by atoms with Crippen molar-refractivity contribution in [1.29, 1.82) is 0 Å². The molecule has 4 nitrogen and oxygen atoms in total. The highest BCUT2D eigenvalue weighted by Crippen LogP contribution is 2.18. The quantitative estimate of drug-likeness (QED) is 0.875. The zero-order valence-corrected chi connectivity index (χ0v) is 10.1. The Morgan fingerprint density at radius 1 is 1.47 bits per heavy atom. The third kappa shape index (κ3) is 2.85. The summed E-state index contributed by atoms with van der Waals surface area (Å²) in [5.74, 6) is 0.834. The van der Waals surface area contributed by atoms with E-state index in [1.807, 2.05) is 42.8 Å². The standard InChI is InChI=1S/C13H17N3O/c1-10(14)11-4-3-5-13(6-11)17-8-12-7-15-9-16(12)2/h3-7,9-10H,8,14H2,1-2H3/t10-/m1/s1. The normalized spacial score (nSPS) is 12.4. The first-order valence-corrected chi connectivity index (χ1v) is 5.60. The molecule has 90 valence electrons. The molecule has 2 rings (SSSR count). The van der Waals surface area contributed by atoms with Gasteiger partial charge in [-0.15, -0.1) is 0 Å². The van der Waals surface area contributed by atoms with Gasteiger partial charge in [-0.25, -0.2) is 4.98 Å². The summed E-state index contributed by atoms with van der Waals surface area (Å²) >= 11 is 0. The molecule has 0 amide bonds. The van der Waals surface area contributed by atoms with Crippen LogP contribution in [0.1, 0.15) is 24.2 Å². The SMILES string of the molecule is C[C@@H](N)c1cccc(OCc2cncn2C)c1. The molecule has 0 fully saturated rings. The molecule has 0 aliphatic carbocycles. The fourth-order valence-corrected chi connectivity index (χ4v) is 1.57. The summed E-state index contributed by atoms with van der Waals surface area (Å²) in [7, 11) is 1.95. The lowest BCUT2D eigenvalue weighted by molar-refractivity contribution is 0.296. The number of ether oxygens (including phenoxy) is 1. The van der Waals surface area contributed by atoms with E-state index in [9.17, 15) is 0 Å².